The molecule has 3 aromatic carbocycles. The Morgan fingerprint density at radius 3 is 1.98 bits per heavy atom. The van der Waals surface area contributed by atoms with E-state index in [0.717, 1.165) is 64.9 Å². The Bertz CT molecular complexity index is 2080. The van der Waals surface area contributed by atoms with Gasteiger partial charge in [-0.15, -0.1) is 0 Å². The molecule has 242 valence electrons. The van der Waals surface area contributed by atoms with Crippen LogP contribution < -0.4 is 25.9 Å². The minimum Gasteiger partial charge on any atom is -0.859 e. The molecule has 5 aromatic rings. The van der Waals surface area contributed by atoms with Crippen molar-refractivity contribution in [2.24, 2.45) is 0 Å². The summed E-state index contributed by atoms with van der Waals surface area (Å²) in [6.45, 7) is 2.49. The van der Waals surface area contributed by atoms with E-state index in [-0.39, 0.29) is 26.5 Å². The molecular formula is C33H29F2N5O5S2. The smallest absolute Gasteiger partial charge is 0.259 e. The van der Waals surface area contributed by atoms with Crippen molar-refractivity contribution in [3.63, 3.8) is 0 Å². The lowest BCUT2D eigenvalue weighted by Gasteiger charge is -2.28. The van der Waals surface area contributed by atoms with Crippen LogP contribution >= 0.6 is 24.4 Å². The third kappa shape index (κ3) is 6.14. The number of quaternary nitrogens is 1. The van der Waals surface area contributed by atoms with Gasteiger partial charge in [0.25, 0.3) is 11.1 Å². The third-order valence-electron chi connectivity index (χ3n) is 8.36. The molecule has 1 fully saturated rings. The molecule has 0 spiro atoms. The van der Waals surface area contributed by atoms with Gasteiger partial charge in [0.2, 0.25) is 5.88 Å². The summed E-state index contributed by atoms with van der Waals surface area (Å²) in [4.78, 5) is 33.9. The molecular weight excluding hydrogens is 649 g/mol. The van der Waals surface area contributed by atoms with Crippen molar-refractivity contribution in [3.05, 3.63) is 131 Å². The fraction of sp³-hybridized carbons (Fsp3) is 0.212. The van der Waals surface area contributed by atoms with Crippen molar-refractivity contribution in [3.8, 4) is 28.9 Å². The van der Waals surface area contributed by atoms with Crippen molar-refractivity contribution < 1.29 is 28.6 Å². The SMILES string of the molecule is COc1ccc(C(c2c([O-])n(-c3ccc(F)cc3)c(=S)[nH]c2=O)c2c(O)n(-c3ccc(F)cc3)c(=S)[nH]c2=O)cc1C[NH+]1CCCC1. The Labute approximate surface area is 276 Å². The molecule has 2 aromatic heterocycles. The molecule has 1 aliphatic heterocycles. The molecule has 1 unspecified atom stereocenters. The molecule has 14 heteroatoms. The molecule has 4 N–H and O–H groups in total. The number of H-pyrrole nitrogens is 2. The summed E-state index contributed by atoms with van der Waals surface area (Å²) < 4.78 is 35.0. The first-order chi connectivity index (χ1) is 22.6. The second kappa shape index (κ2) is 13.1. The maximum absolute atomic E-state index is 14.3. The number of aromatic hydroxyl groups is 1. The number of benzene rings is 3. The van der Waals surface area contributed by atoms with Gasteiger partial charge >= 0.3 is 0 Å². The van der Waals surface area contributed by atoms with E-state index in [1.54, 1.807) is 18.2 Å². The Morgan fingerprint density at radius 2 is 1.40 bits per heavy atom. The summed E-state index contributed by atoms with van der Waals surface area (Å²) in [5.41, 5.74) is -1.05. The van der Waals surface area contributed by atoms with E-state index in [2.05, 4.69) is 9.97 Å². The van der Waals surface area contributed by atoms with Crippen LogP contribution in [0, 0.1) is 21.2 Å². The van der Waals surface area contributed by atoms with Crippen LogP contribution in [0.2, 0.25) is 0 Å². The lowest BCUT2D eigenvalue weighted by Crippen LogP contribution is -3.08. The Balaban J connectivity index is 1.67. The normalized spacial score (nSPS) is 13.9. The number of aromatic nitrogens is 4. The largest absolute Gasteiger partial charge is 0.859 e. The number of rotatable bonds is 8. The van der Waals surface area contributed by atoms with Gasteiger partial charge in [-0.1, -0.05) is 6.07 Å². The molecule has 0 aliphatic carbocycles. The fourth-order valence-corrected chi connectivity index (χ4v) is 6.72. The highest BCUT2D eigenvalue weighted by Crippen LogP contribution is 2.39. The predicted molar refractivity (Wildman–Crippen MR) is 173 cm³/mol. The Kier molecular flexibility index (Phi) is 8.90. The Morgan fingerprint density at radius 1 is 0.872 bits per heavy atom. The third-order valence-corrected chi connectivity index (χ3v) is 8.93. The number of nitrogens with zero attached hydrogens (tertiary/aromatic N) is 2. The van der Waals surface area contributed by atoms with E-state index in [4.69, 9.17) is 29.2 Å². The van der Waals surface area contributed by atoms with Crippen LogP contribution in [0.15, 0.2) is 76.3 Å². The zero-order chi connectivity index (χ0) is 33.4. The first kappa shape index (κ1) is 32.0. The topological polar surface area (TPSA) is 133 Å². The molecule has 0 saturated carbocycles. The van der Waals surface area contributed by atoms with Crippen LogP contribution in [0.25, 0.3) is 11.4 Å². The second-order valence-corrected chi connectivity index (χ2v) is 12.0. The van der Waals surface area contributed by atoms with Gasteiger partial charge in [0.15, 0.2) is 9.54 Å². The number of likely N-dealkylation sites (tertiary alicyclic amines) is 1. The highest BCUT2D eigenvalue weighted by molar-refractivity contribution is 7.71. The zero-order valence-electron chi connectivity index (χ0n) is 25.0. The van der Waals surface area contributed by atoms with Crippen LogP contribution in [0.4, 0.5) is 8.78 Å². The van der Waals surface area contributed by atoms with Gasteiger partial charge in [-0.3, -0.25) is 24.1 Å². The van der Waals surface area contributed by atoms with Gasteiger partial charge in [-0.05, 0) is 96.5 Å². The summed E-state index contributed by atoms with van der Waals surface area (Å²) in [5, 5.41) is 26.1. The second-order valence-electron chi connectivity index (χ2n) is 11.2. The maximum atomic E-state index is 14.3. The highest BCUT2D eigenvalue weighted by Gasteiger charge is 2.31. The van der Waals surface area contributed by atoms with E-state index < -0.39 is 46.0 Å². The molecule has 3 heterocycles. The lowest BCUT2D eigenvalue weighted by molar-refractivity contribution is -0.901. The summed E-state index contributed by atoms with van der Waals surface area (Å²) in [6.07, 6.45) is 2.15. The lowest BCUT2D eigenvalue weighted by atomic mass is 9.85. The number of hydrogen-bond acceptors (Lipinski definition) is 7. The van der Waals surface area contributed by atoms with E-state index in [9.17, 15) is 28.6 Å². The van der Waals surface area contributed by atoms with Crippen molar-refractivity contribution in [1.29, 1.82) is 0 Å². The number of halogens is 2. The first-order valence-corrected chi connectivity index (χ1v) is 15.6. The molecule has 0 bridgehead atoms. The number of aromatic amines is 2. The van der Waals surface area contributed by atoms with Gasteiger partial charge in [0.05, 0.1) is 37.4 Å². The molecule has 10 nitrogen and oxygen atoms in total. The van der Waals surface area contributed by atoms with Gasteiger partial charge in [0, 0.05) is 29.7 Å². The van der Waals surface area contributed by atoms with Gasteiger partial charge in [0.1, 0.15) is 23.9 Å². The van der Waals surface area contributed by atoms with Crippen LogP contribution in [-0.4, -0.2) is 44.4 Å². The van der Waals surface area contributed by atoms with Gasteiger partial charge in [-0.25, -0.2) is 8.78 Å². The van der Waals surface area contributed by atoms with Crippen molar-refractivity contribution in [1.82, 2.24) is 19.1 Å². The molecule has 0 amide bonds. The Hall–Kier alpha value is -4.92. The molecule has 6 rings (SSSR count). The average molecular weight is 678 g/mol. The average Bonchev–Trinajstić information content (AvgIpc) is 3.55. The quantitative estimate of drug-likeness (QED) is 0.185. The van der Waals surface area contributed by atoms with Crippen molar-refractivity contribution >= 4 is 24.4 Å². The molecule has 0 radical (unpaired) electrons. The van der Waals surface area contributed by atoms with Crippen LogP contribution in [0.3, 0.4) is 0 Å². The number of nitrogens with one attached hydrogen (secondary N) is 3. The molecule has 1 saturated heterocycles. The number of methoxy groups -OCH3 is 1. The standard InChI is InChI=1S/C33H29F2N5O5S2/c1-45-24-13-4-18(16-19(24)17-38-14-2-3-15-38)25(26-28(41)36-32(46)39(30(26)43)22-9-5-20(34)6-10-22)27-29(42)37-33(47)40(31(27)44)23-11-7-21(35)8-12-23/h4-13,16,25,43-44H,2-3,14-15,17H2,1H3,(H,36,41,46)(H,37,42,47). The van der Waals surface area contributed by atoms with E-state index >= 15 is 0 Å². The summed E-state index contributed by atoms with van der Waals surface area (Å²) in [6, 6.07) is 15.0. The highest BCUT2D eigenvalue weighted by atomic mass is 32.1. The van der Waals surface area contributed by atoms with Crippen LogP contribution in [0.1, 0.15) is 41.0 Å². The number of hydrogen-bond donors (Lipinski definition) is 4. The van der Waals surface area contributed by atoms with Gasteiger partial charge < -0.3 is 24.4 Å². The monoisotopic (exact) mass is 677 g/mol. The predicted octanol–water partition coefficient (Wildman–Crippen LogP) is 3.53. The van der Waals surface area contributed by atoms with Gasteiger partial charge in [-0.2, -0.15) is 0 Å². The summed E-state index contributed by atoms with van der Waals surface area (Å²) in [5.74, 6) is -3.51. The minimum absolute atomic E-state index is 0.172. The molecule has 47 heavy (non-hydrogen) atoms. The van der Waals surface area contributed by atoms with E-state index in [1.807, 2.05) is 0 Å². The summed E-state index contributed by atoms with van der Waals surface area (Å²) in [7, 11) is 1.54. The molecule has 1 aliphatic rings. The summed E-state index contributed by atoms with van der Waals surface area (Å²) >= 11 is 10.7. The van der Waals surface area contributed by atoms with Crippen LogP contribution in [-0.2, 0) is 6.54 Å². The van der Waals surface area contributed by atoms with Crippen LogP contribution in [0.5, 0.6) is 17.5 Å². The van der Waals surface area contributed by atoms with E-state index in [1.165, 1.54) is 36.3 Å². The minimum atomic E-state index is -1.46. The van der Waals surface area contributed by atoms with E-state index in [0.29, 0.717) is 17.9 Å². The molecule has 1 atom stereocenters. The maximum Gasteiger partial charge on any atom is 0.259 e. The van der Waals surface area contributed by atoms with Crippen molar-refractivity contribution in [2.75, 3.05) is 20.2 Å². The fourth-order valence-electron chi connectivity index (χ4n) is 6.15. The number of ether oxygens (including phenoxy) is 1. The first-order valence-electron chi connectivity index (χ1n) is 14.7. The zero-order valence-corrected chi connectivity index (χ0v) is 26.6. The van der Waals surface area contributed by atoms with Crippen molar-refractivity contribution in [2.45, 2.75) is 25.3 Å².